The van der Waals surface area contributed by atoms with Gasteiger partial charge in [-0.1, -0.05) is 85.5 Å². The van der Waals surface area contributed by atoms with Crippen LogP contribution in [0.3, 0.4) is 0 Å². The largest absolute Gasteiger partial charge is 0.223 e. The van der Waals surface area contributed by atoms with E-state index in [0.717, 1.165) is 27.7 Å². The molecule has 0 fully saturated rings. The second-order valence-corrected chi connectivity index (χ2v) is 6.83. The highest BCUT2D eigenvalue weighted by atomic mass is 35.5. The van der Waals surface area contributed by atoms with Crippen LogP contribution in [0.25, 0.3) is 32.8 Å². The van der Waals surface area contributed by atoms with E-state index in [1.165, 1.54) is 16.3 Å². The molecule has 0 unspecified atom stereocenters. The van der Waals surface area contributed by atoms with Gasteiger partial charge in [0, 0.05) is 5.39 Å². The first kappa shape index (κ1) is 18.1. The van der Waals surface area contributed by atoms with Crippen molar-refractivity contribution in [2.75, 3.05) is 0 Å². The standard InChI is InChI=1S/C25H19ClN2/c1-3-18(20-13-8-10-19-9-4-5-11-21(19)20)16-15-17(2)24-22-12-6-7-14-23(22)27-25(26)28-24/h3-16H,2H2,1H3/b16-15-,18-3+. The van der Waals surface area contributed by atoms with Crippen molar-refractivity contribution in [1.82, 2.24) is 9.97 Å². The van der Waals surface area contributed by atoms with Crippen molar-refractivity contribution in [3.8, 4) is 0 Å². The fourth-order valence-corrected chi connectivity index (χ4v) is 3.56. The van der Waals surface area contributed by atoms with Crippen LogP contribution in [0.1, 0.15) is 18.2 Å². The molecule has 0 aliphatic heterocycles. The number of fused-ring (bicyclic) bond motifs is 2. The Hall–Kier alpha value is -3.23. The topological polar surface area (TPSA) is 25.8 Å². The van der Waals surface area contributed by atoms with Crippen LogP contribution in [0.4, 0.5) is 0 Å². The molecule has 28 heavy (non-hydrogen) atoms. The molecule has 1 heterocycles. The van der Waals surface area contributed by atoms with Gasteiger partial charge in [-0.15, -0.1) is 0 Å². The van der Waals surface area contributed by atoms with Crippen LogP contribution >= 0.6 is 11.6 Å². The molecule has 0 bridgehead atoms. The molecule has 0 amide bonds. The number of nitrogens with zero attached hydrogens (tertiary/aromatic N) is 2. The second kappa shape index (κ2) is 7.79. The smallest absolute Gasteiger partial charge is 0.218 e. The van der Waals surface area contributed by atoms with Gasteiger partial charge in [-0.05, 0) is 52.1 Å². The first-order valence-corrected chi connectivity index (χ1v) is 9.49. The Bertz CT molecular complexity index is 1250. The Balaban J connectivity index is 1.73. The number of allylic oxidation sites excluding steroid dienone is 5. The summed E-state index contributed by atoms with van der Waals surface area (Å²) in [4.78, 5) is 8.70. The van der Waals surface area contributed by atoms with Crippen LogP contribution in [-0.4, -0.2) is 9.97 Å². The molecule has 3 aromatic carbocycles. The quantitative estimate of drug-likeness (QED) is 0.277. The highest BCUT2D eigenvalue weighted by Crippen LogP contribution is 2.28. The van der Waals surface area contributed by atoms with Gasteiger partial charge >= 0.3 is 0 Å². The lowest BCUT2D eigenvalue weighted by atomic mass is 9.97. The Morgan fingerprint density at radius 1 is 0.857 bits per heavy atom. The first-order valence-electron chi connectivity index (χ1n) is 9.11. The normalized spacial score (nSPS) is 12.1. The Morgan fingerprint density at radius 2 is 1.57 bits per heavy atom. The van der Waals surface area contributed by atoms with Crippen molar-refractivity contribution >= 4 is 44.4 Å². The van der Waals surface area contributed by atoms with Crippen molar-refractivity contribution in [3.05, 3.63) is 108 Å². The average molecular weight is 383 g/mol. The summed E-state index contributed by atoms with van der Waals surface area (Å²) in [6.45, 7) is 6.26. The minimum atomic E-state index is 0.226. The molecule has 3 heteroatoms. The van der Waals surface area contributed by atoms with Gasteiger partial charge in [0.2, 0.25) is 5.28 Å². The lowest BCUT2D eigenvalue weighted by Gasteiger charge is -2.09. The highest BCUT2D eigenvalue weighted by molar-refractivity contribution is 6.28. The third kappa shape index (κ3) is 3.47. The molecule has 0 atom stereocenters. The Morgan fingerprint density at radius 3 is 2.39 bits per heavy atom. The molecule has 0 saturated carbocycles. The zero-order chi connectivity index (χ0) is 19.5. The molecule has 0 saturated heterocycles. The van der Waals surface area contributed by atoms with Crippen molar-refractivity contribution < 1.29 is 0 Å². The number of hydrogen-bond donors (Lipinski definition) is 0. The minimum absolute atomic E-state index is 0.226. The van der Waals surface area contributed by atoms with Gasteiger partial charge in [-0.2, -0.15) is 0 Å². The number of halogens is 1. The predicted molar refractivity (Wildman–Crippen MR) is 120 cm³/mol. The molecular weight excluding hydrogens is 364 g/mol. The van der Waals surface area contributed by atoms with E-state index in [9.17, 15) is 0 Å². The van der Waals surface area contributed by atoms with Crippen molar-refractivity contribution in [2.24, 2.45) is 0 Å². The first-order chi connectivity index (χ1) is 13.7. The van der Waals surface area contributed by atoms with E-state index in [0.29, 0.717) is 0 Å². The summed E-state index contributed by atoms with van der Waals surface area (Å²) in [5, 5.41) is 3.61. The number of hydrogen-bond acceptors (Lipinski definition) is 2. The van der Waals surface area contributed by atoms with E-state index >= 15 is 0 Å². The van der Waals surface area contributed by atoms with E-state index in [2.05, 4.69) is 71.2 Å². The second-order valence-electron chi connectivity index (χ2n) is 6.49. The molecule has 4 rings (SSSR count). The van der Waals surface area contributed by atoms with Gasteiger partial charge < -0.3 is 0 Å². The minimum Gasteiger partial charge on any atom is -0.218 e. The van der Waals surface area contributed by atoms with E-state index < -0.39 is 0 Å². The monoisotopic (exact) mass is 382 g/mol. The van der Waals surface area contributed by atoms with Gasteiger partial charge in [-0.25, -0.2) is 9.97 Å². The van der Waals surface area contributed by atoms with Gasteiger partial charge in [0.05, 0.1) is 11.2 Å². The van der Waals surface area contributed by atoms with E-state index in [1.807, 2.05) is 37.3 Å². The summed E-state index contributed by atoms with van der Waals surface area (Å²) < 4.78 is 0. The van der Waals surface area contributed by atoms with Crippen LogP contribution in [0.2, 0.25) is 5.28 Å². The third-order valence-electron chi connectivity index (χ3n) is 4.76. The number of rotatable bonds is 4. The summed E-state index contributed by atoms with van der Waals surface area (Å²) in [7, 11) is 0. The summed E-state index contributed by atoms with van der Waals surface area (Å²) in [5.74, 6) is 0. The van der Waals surface area contributed by atoms with Crippen molar-refractivity contribution in [3.63, 3.8) is 0 Å². The van der Waals surface area contributed by atoms with E-state index in [4.69, 9.17) is 11.6 Å². The van der Waals surface area contributed by atoms with Crippen molar-refractivity contribution in [2.45, 2.75) is 6.92 Å². The highest BCUT2D eigenvalue weighted by Gasteiger charge is 2.08. The lowest BCUT2D eigenvalue weighted by Crippen LogP contribution is -1.93. The summed E-state index contributed by atoms with van der Waals surface area (Å²) in [5.41, 5.74) is 4.67. The average Bonchev–Trinajstić information content (AvgIpc) is 2.73. The predicted octanol–water partition coefficient (Wildman–Crippen LogP) is 7.11. The summed E-state index contributed by atoms with van der Waals surface area (Å²) in [6, 6.07) is 22.6. The van der Waals surface area contributed by atoms with Crippen molar-refractivity contribution in [1.29, 1.82) is 0 Å². The fraction of sp³-hybridized carbons (Fsp3) is 0.0400. The van der Waals surface area contributed by atoms with Crippen LogP contribution in [0.15, 0.2) is 91.5 Å². The number of para-hydroxylation sites is 1. The number of aromatic nitrogens is 2. The Labute approximate surface area is 169 Å². The molecule has 136 valence electrons. The van der Waals surface area contributed by atoms with Crippen LogP contribution in [-0.2, 0) is 0 Å². The maximum Gasteiger partial charge on any atom is 0.223 e. The summed E-state index contributed by atoms with van der Waals surface area (Å²) >= 11 is 6.12. The third-order valence-corrected chi connectivity index (χ3v) is 4.92. The molecule has 1 aromatic heterocycles. The molecule has 0 aliphatic rings. The molecule has 4 aromatic rings. The zero-order valence-corrected chi connectivity index (χ0v) is 16.3. The molecule has 0 aliphatic carbocycles. The maximum atomic E-state index is 6.12. The zero-order valence-electron chi connectivity index (χ0n) is 15.6. The van der Waals surface area contributed by atoms with Gasteiger partial charge in [0.15, 0.2) is 0 Å². The SMILES string of the molecule is C=C(/C=C\C(=C/C)c1cccc2ccccc12)c1nc(Cl)nc2ccccc12. The van der Waals surface area contributed by atoms with Crippen LogP contribution < -0.4 is 0 Å². The molecule has 0 spiro atoms. The fourth-order valence-electron chi connectivity index (χ4n) is 3.38. The maximum absolute atomic E-state index is 6.12. The van der Waals surface area contributed by atoms with Crippen LogP contribution in [0.5, 0.6) is 0 Å². The molecule has 0 radical (unpaired) electrons. The lowest BCUT2D eigenvalue weighted by molar-refractivity contribution is 1.20. The molecular formula is C25H19ClN2. The van der Waals surface area contributed by atoms with Gasteiger partial charge in [-0.3, -0.25) is 0 Å². The van der Waals surface area contributed by atoms with Gasteiger partial charge in [0.1, 0.15) is 0 Å². The number of benzene rings is 3. The molecule has 0 N–H and O–H groups in total. The van der Waals surface area contributed by atoms with E-state index in [-0.39, 0.29) is 5.28 Å². The Kier molecular flexibility index (Phi) is 5.05. The van der Waals surface area contributed by atoms with E-state index in [1.54, 1.807) is 0 Å². The summed E-state index contributed by atoms with van der Waals surface area (Å²) in [6.07, 6.45) is 6.17. The van der Waals surface area contributed by atoms with Crippen LogP contribution in [0, 0.1) is 0 Å². The molecule has 2 nitrogen and oxygen atoms in total. The van der Waals surface area contributed by atoms with Gasteiger partial charge in [0.25, 0.3) is 0 Å².